The van der Waals surface area contributed by atoms with E-state index >= 15 is 0 Å². The van der Waals surface area contributed by atoms with Crippen molar-refractivity contribution in [2.75, 3.05) is 0 Å². The van der Waals surface area contributed by atoms with Crippen molar-refractivity contribution in [3.05, 3.63) is 93.6 Å². The number of allylic oxidation sites excluding steroid dienone is 2. The number of esters is 2. The zero-order chi connectivity index (χ0) is 28.8. The Kier molecular flexibility index (Phi) is 6.28. The number of cyclic esters (lactones) is 2. The van der Waals surface area contributed by atoms with E-state index in [1.165, 1.54) is 0 Å². The number of benzene rings is 2. The molecule has 13 heteroatoms. The van der Waals surface area contributed by atoms with Crippen LogP contribution in [0, 0.1) is 11.3 Å². The van der Waals surface area contributed by atoms with Gasteiger partial charge in [0.25, 0.3) is 0 Å². The van der Waals surface area contributed by atoms with E-state index in [2.05, 4.69) is 4.74 Å². The van der Waals surface area contributed by atoms with E-state index in [0.717, 1.165) is 54.6 Å². The number of ketones is 2. The summed E-state index contributed by atoms with van der Waals surface area (Å²) in [6, 6.07) is 6.07. The third kappa shape index (κ3) is 3.98. The number of rotatable bonds is 8. The van der Waals surface area contributed by atoms with Crippen molar-refractivity contribution < 1.29 is 63.5 Å². The number of carboxylic acid groups (broad SMARTS) is 4. The number of carboxylic acids is 4. The second-order valence-electron chi connectivity index (χ2n) is 8.35. The molecule has 4 rings (SSSR count). The average molecular weight is 534 g/mol. The van der Waals surface area contributed by atoms with E-state index in [1.807, 2.05) is 0 Å². The summed E-state index contributed by atoms with van der Waals surface area (Å²) in [5.41, 5.74) is -7.38. The van der Waals surface area contributed by atoms with Gasteiger partial charge in [-0.3, -0.25) is 19.2 Å². The highest BCUT2D eigenvalue weighted by molar-refractivity contribution is 6.26. The number of carbonyl (C=O) groups excluding carboxylic acids is 4. The zero-order valence-corrected chi connectivity index (χ0v) is 19.2. The normalized spacial score (nSPS) is 19.5. The van der Waals surface area contributed by atoms with Crippen molar-refractivity contribution >= 4 is 47.4 Å². The summed E-state index contributed by atoms with van der Waals surface area (Å²) in [6.07, 6.45) is 2.59. The summed E-state index contributed by atoms with van der Waals surface area (Å²) in [7, 11) is 0. The molecule has 2 aliphatic rings. The number of ether oxygens (including phenoxy) is 1. The first kappa shape index (κ1) is 26.3. The lowest BCUT2D eigenvalue weighted by atomic mass is 9.67. The molecule has 2 atom stereocenters. The molecule has 1 heterocycles. The summed E-state index contributed by atoms with van der Waals surface area (Å²) >= 11 is 0. The standard InChI is InChI=1S/C26H14O13/c27-18(11-3-1-5-13(20(29)30)16(11)22(33)34)10-7-8-26(15(9-10)24(37)39-25(26)38)19(28)12-4-2-6-14(21(31)32)17(12)23(35)36/h1-9,15H,(H,29,30)(H,31,32)(H,33,34)(H,35,36). The van der Waals surface area contributed by atoms with Crippen LogP contribution in [-0.2, 0) is 14.3 Å². The van der Waals surface area contributed by atoms with Crippen molar-refractivity contribution in [2.45, 2.75) is 0 Å². The van der Waals surface area contributed by atoms with Crippen LogP contribution in [0.2, 0.25) is 0 Å². The van der Waals surface area contributed by atoms with Crippen molar-refractivity contribution in [2.24, 2.45) is 11.3 Å². The van der Waals surface area contributed by atoms with Crippen LogP contribution in [0.1, 0.15) is 62.1 Å². The number of aromatic carboxylic acids is 4. The molecular formula is C26H14O13. The molecule has 0 saturated carbocycles. The van der Waals surface area contributed by atoms with E-state index in [1.54, 1.807) is 0 Å². The molecule has 13 nitrogen and oxygen atoms in total. The third-order valence-electron chi connectivity index (χ3n) is 6.29. The van der Waals surface area contributed by atoms with Crippen molar-refractivity contribution in [3.8, 4) is 0 Å². The Bertz CT molecular complexity index is 1620. The maximum atomic E-state index is 13.7. The molecule has 196 valence electrons. The highest BCUT2D eigenvalue weighted by Gasteiger charge is 2.62. The molecule has 2 unspecified atom stereocenters. The van der Waals surface area contributed by atoms with E-state index in [-0.39, 0.29) is 0 Å². The highest BCUT2D eigenvalue weighted by Crippen LogP contribution is 2.46. The van der Waals surface area contributed by atoms with Gasteiger partial charge in [0.15, 0.2) is 17.0 Å². The van der Waals surface area contributed by atoms with Gasteiger partial charge in [-0.05, 0) is 12.1 Å². The van der Waals surface area contributed by atoms with Gasteiger partial charge < -0.3 is 25.2 Å². The molecule has 0 amide bonds. The fourth-order valence-corrected chi connectivity index (χ4v) is 4.52. The van der Waals surface area contributed by atoms with Crippen molar-refractivity contribution in [3.63, 3.8) is 0 Å². The Morgan fingerprint density at radius 1 is 0.692 bits per heavy atom. The van der Waals surface area contributed by atoms with Crippen LogP contribution in [0.4, 0.5) is 0 Å². The summed E-state index contributed by atoms with van der Waals surface area (Å²) in [5, 5.41) is 37.8. The Morgan fingerprint density at radius 3 is 1.69 bits per heavy atom. The molecule has 2 aromatic rings. The minimum Gasteiger partial charge on any atom is -0.478 e. The second-order valence-corrected chi connectivity index (χ2v) is 8.35. The van der Waals surface area contributed by atoms with Crippen molar-refractivity contribution in [1.82, 2.24) is 0 Å². The number of fused-ring (bicyclic) bond motifs is 1. The van der Waals surface area contributed by atoms with Crippen LogP contribution in [0.5, 0.6) is 0 Å². The van der Waals surface area contributed by atoms with Crippen LogP contribution in [-0.4, -0.2) is 67.8 Å². The molecule has 4 N–H and O–H groups in total. The first-order valence-corrected chi connectivity index (χ1v) is 10.8. The Hall–Kier alpha value is -5.72. The lowest BCUT2D eigenvalue weighted by Gasteiger charge is -2.27. The molecule has 2 aromatic carbocycles. The highest BCUT2D eigenvalue weighted by atomic mass is 16.6. The third-order valence-corrected chi connectivity index (χ3v) is 6.29. The SMILES string of the molecule is O=C(O)c1cccc(C(=O)C2=CC3C(=O)OC(=O)C3(C(=O)c3cccc(C(=O)O)c3C(=O)O)C=C2)c1C(=O)O. The van der Waals surface area contributed by atoms with Gasteiger partial charge >= 0.3 is 35.8 Å². The Labute approximate surface area is 216 Å². The fourth-order valence-electron chi connectivity index (χ4n) is 4.52. The first-order valence-electron chi connectivity index (χ1n) is 10.8. The van der Waals surface area contributed by atoms with Crippen molar-refractivity contribution in [1.29, 1.82) is 0 Å². The lowest BCUT2D eigenvalue weighted by molar-refractivity contribution is -0.153. The molecule has 1 aliphatic heterocycles. The van der Waals surface area contributed by atoms with Gasteiger partial charge in [-0.15, -0.1) is 0 Å². The predicted molar refractivity (Wildman–Crippen MR) is 124 cm³/mol. The molecule has 0 aromatic heterocycles. The molecular weight excluding hydrogens is 520 g/mol. The van der Waals surface area contributed by atoms with E-state index in [0.29, 0.717) is 0 Å². The maximum absolute atomic E-state index is 13.7. The quantitative estimate of drug-likeness (QED) is 0.215. The van der Waals surface area contributed by atoms with Crippen LogP contribution in [0.15, 0.2) is 60.2 Å². The molecule has 0 radical (unpaired) electrons. The van der Waals surface area contributed by atoms with Gasteiger partial charge in [0.05, 0.1) is 22.3 Å². The fraction of sp³-hybridized carbons (Fsp3) is 0.0769. The number of hydrogen-bond acceptors (Lipinski definition) is 9. The average Bonchev–Trinajstić information content (AvgIpc) is 3.16. The maximum Gasteiger partial charge on any atom is 0.337 e. The Balaban J connectivity index is 1.86. The van der Waals surface area contributed by atoms with Gasteiger partial charge in [-0.1, -0.05) is 42.5 Å². The van der Waals surface area contributed by atoms with Crippen LogP contribution >= 0.6 is 0 Å². The van der Waals surface area contributed by atoms with E-state index in [9.17, 15) is 58.8 Å². The summed E-state index contributed by atoms with van der Waals surface area (Å²) in [5.74, 6) is -13.7. The largest absolute Gasteiger partial charge is 0.478 e. The minimum atomic E-state index is -2.50. The van der Waals surface area contributed by atoms with Gasteiger partial charge in [-0.25, -0.2) is 19.2 Å². The number of Topliss-reactive ketones (excluding diaryl/α,β-unsaturated/α-hetero) is 2. The number of carbonyl (C=O) groups is 8. The van der Waals surface area contributed by atoms with E-state index < -0.39 is 97.7 Å². The van der Waals surface area contributed by atoms with Gasteiger partial charge in [0.2, 0.25) is 0 Å². The predicted octanol–water partition coefficient (Wildman–Crippen LogP) is 1.73. The molecule has 1 fully saturated rings. The lowest BCUT2D eigenvalue weighted by Crippen LogP contribution is -2.42. The van der Waals surface area contributed by atoms with E-state index in [4.69, 9.17) is 0 Å². The van der Waals surface area contributed by atoms with Gasteiger partial charge in [0.1, 0.15) is 5.92 Å². The molecule has 1 saturated heterocycles. The molecule has 0 spiro atoms. The summed E-state index contributed by atoms with van der Waals surface area (Å²) in [6.45, 7) is 0. The first-order chi connectivity index (χ1) is 18.3. The zero-order valence-electron chi connectivity index (χ0n) is 19.2. The summed E-state index contributed by atoms with van der Waals surface area (Å²) < 4.78 is 4.64. The smallest absolute Gasteiger partial charge is 0.337 e. The van der Waals surface area contributed by atoms with Gasteiger partial charge in [-0.2, -0.15) is 0 Å². The minimum absolute atomic E-state index is 0.391. The van der Waals surface area contributed by atoms with Gasteiger partial charge in [0, 0.05) is 16.7 Å². The monoisotopic (exact) mass is 534 g/mol. The van der Waals surface area contributed by atoms with Crippen LogP contribution in [0.3, 0.4) is 0 Å². The summed E-state index contributed by atoms with van der Waals surface area (Å²) in [4.78, 5) is 99.0. The second kappa shape index (κ2) is 9.30. The Morgan fingerprint density at radius 2 is 1.18 bits per heavy atom. The number of hydrogen-bond donors (Lipinski definition) is 4. The van der Waals surface area contributed by atoms with Crippen LogP contribution in [0.25, 0.3) is 0 Å². The molecule has 0 bridgehead atoms. The molecule has 39 heavy (non-hydrogen) atoms. The molecule has 1 aliphatic carbocycles. The van der Waals surface area contributed by atoms with Crippen LogP contribution < -0.4 is 0 Å². The topological polar surface area (TPSA) is 227 Å².